The Morgan fingerprint density at radius 3 is 2.46 bits per heavy atom. The number of carbonyl (C=O) groups excluding carboxylic acids is 2. The van der Waals surface area contributed by atoms with Crippen molar-refractivity contribution in [1.29, 1.82) is 0 Å². The van der Waals surface area contributed by atoms with Crippen LogP contribution in [0.3, 0.4) is 0 Å². The van der Waals surface area contributed by atoms with E-state index in [-0.39, 0.29) is 17.9 Å². The van der Waals surface area contributed by atoms with E-state index < -0.39 is 5.54 Å². The number of rotatable bonds is 2. The molecule has 2 amide bonds. The highest BCUT2D eigenvalue weighted by molar-refractivity contribution is 6.04. The zero-order chi connectivity index (χ0) is 17.8. The van der Waals surface area contributed by atoms with E-state index in [1.54, 1.807) is 29.5 Å². The van der Waals surface area contributed by atoms with Crippen LogP contribution in [0.5, 0.6) is 0 Å². The van der Waals surface area contributed by atoms with Crippen LogP contribution in [-0.2, 0) is 4.79 Å². The number of aromatic nitrogens is 1. The minimum atomic E-state index is -0.762. The number of hydrogen-bond acceptors (Lipinski definition) is 3. The van der Waals surface area contributed by atoms with Gasteiger partial charge in [0.1, 0.15) is 5.54 Å². The van der Waals surface area contributed by atoms with Crippen molar-refractivity contribution in [3.63, 3.8) is 0 Å². The van der Waals surface area contributed by atoms with Crippen LogP contribution >= 0.6 is 0 Å². The van der Waals surface area contributed by atoms with Crippen molar-refractivity contribution in [2.24, 2.45) is 29.1 Å². The molecule has 5 nitrogen and oxygen atoms in total. The van der Waals surface area contributed by atoms with Gasteiger partial charge in [0, 0.05) is 12.4 Å². The number of hydrazine groups is 1. The Bertz CT molecular complexity index is 796. The zero-order valence-electron chi connectivity index (χ0n) is 15.4. The molecule has 26 heavy (non-hydrogen) atoms. The molecule has 136 valence electrons. The van der Waals surface area contributed by atoms with Gasteiger partial charge < -0.3 is 0 Å². The molecule has 6 rings (SSSR count). The fourth-order valence-corrected chi connectivity index (χ4v) is 7.49. The molecule has 0 N–H and O–H groups in total. The number of fused-ring (bicyclic) bond motifs is 2. The maximum atomic E-state index is 13.2. The molecule has 4 saturated carbocycles. The molecule has 1 aliphatic heterocycles. The topological polar surface area (TPSA) is 53.5 Å². The highest BCUT2D eigenvalue weighted by Gasteiger charge is 2.72. The summed E-state index contributed by atoms with van der Waals surface area (Å²) in [5, 5.41) is 3.61. The largest absolute Gasteiger partial charge is 0.275 e. The first-order chi connectivity index (χ1) is 12.4. The summed E-state index contributed by atoms with van der Waals surface area (Å²) < 4.78 is 0. The van der Waals surface area contributed by atoms with Crippen molar-refractivity contribution in [3.8, 4) is 0 Å². The van der Waals surface area contributed by atoms with Crippen molar-refractivity contribution in [2.45, 2.75) is 57.5 Å². The predicted octanol–water partition coefficient (Wildman–Crippen LogP) is 2.88. The van der Waals surface area contributed by atoms with Gasteiger partial charge in [-0.15, -0.1) is 0 Å². The SMILES string of the molecule is CC1(C)C(=O)N(C2C3CC4CC5CC2CC45C3)N1C(=O)c1cccnc1. The predicted molar refractivity (Wildman–Crippen MR) is 94.6 cm³/mol. The fourth-order valence-electron chi connectivity index (χ4n) is 7.49. The van der Waals surface area contributed by atoms with Crippen LogP contribution < -0.4 is 0 Å². The number of pyridine rings is 1. The summed E-state index contributed by atoms with van der Waals surface area (Å²) in [6.45, 7) is 3.74. The number of nitrogens with zero attached hydrogens (tertiary/aromatic N) is 3. The average molecular weight is 351 g/mol. The van der Waals surface area contributed by atoms with E-state index in [0.717, 1.165) is 11.8 Å². The van der Waals surface area contributed by atoms with Gasteiger partial charge in [-0.3, -0.25) is 14.6 Å². The molecule has 3 bridgehead atoms. The molecule has 2 heterocycles. The van der Waals surface area contributed by atoms with E-state index in [0.29, 0.717) is 22.8 Å². The molecule has 5 aliphatic rings. The van der Waals surface area contributed by atoms with Crippen LogP contribution in [0, 0.1) is 29.1 Å². The van der Waals surface area contributed by atoms with Crippen LogP contribution in [-0.4, -0.2) is 38.4 Å². The Labute approximate surface area is 153 Å². The van der Waals surface area contributed by atoms with Gasteiger partial charge in [0.05, 0.1) is 11.6 Å². The lowest BCUT2D eigenvalue weighted by atomic mass is 9.56. The molecule has 0 aromatic carbocycles. The first-order valence-electron chi connectivity index (χ1n) is 10.0. The highest BCUT2D eigenvalue weighted by Crippen LogP contribution is 2.76. The summed E-state index contributed by atoms with van der Waals surface area (Å²) >= 11 is 0. The lowest BCUT2D eigenvalue weighted by Crippen LogP contribution is -2.79. The van der Waals surface area contributed by atoms with Gasteiger partial charge in [0.2, 0.25) is 0 Å². The monoisotopic (exact) mass is 351 g/mol. The summed E-state index contributed by atoms with van der Waals surface area (Å²) in [6, 6.07) is 3.79. The summed E-state index contributed by atoms with van der Waals surface area (Å²) in [5.74, 6) is 2.95. The van der Waals surface area contributed by atoms with Gasteiger partial charge in [-0.25, -0.2) is 10.0 Å². The third-order valence-electron chi connectivity index (χ3n) is 8.48. The minimum Gasteiger partial charge on any atom is -0.270 e. The molecule has 4 aliphatic carbocycles. The van der Waals surface area contributed by atoms with Gasteiger partial charge in [-0.05, 0) is 87.2 Å². The van der Waals surface area contributed by atoms with Crippen LogP contribution in [0.4, 0.5) is 0 Å². The Morgan fingerprint density at radius 2 is 1.85 bits per heavy atom. The maximum absolute atomic E-state index is 13.2. The average Bonchev–Trinajstić information content (AvgIpc) is 3.01. The third-order valence-corrected chi connectivity index (χ3v) is 8.48. The molecule has 5 heteroatoms. The van der Waals surface area contributed by atoms with Crippen molar-refractivity contribution < 1.29 is 9.59 Å². The Hall–Kier alpha value is -1.91. The van der Waals surface area contributed by atoms with E-state index in [1.807, 2.05) is 18.9 Å². The molecule has 1 spiro atoms. The minimum absolute atomic E-state index is 0.0966. The smallest absolute Gasteiger partial charge is 0.270 e. The Balaban J connectivity index is 1.36. The van der Waals surface area contributed by atoms with E-state index in [9.17, 15) is 9.59 Å². The summed E-state index contributed by atoms with van der Waals surface area (Å²) in [6.07, 6.45) is 9.77. The van der Waals surface area contributed by atoms with Crippen LogP contribution in [0.25, 0.3) is 0 Å². The van der Waals surface area contributed by atoms with E-state index in [2.05, 4.69) is 4.98 Å². The Morgan fingerprint density at radius 1 is 1.15 bits per heavy atom. The summed E-state index contributed by atoms with van der Waals surface area (Å²) in [4.78, 5) is 30.4. The number of hydrogen-bond donors (Lipinski definition) is 0. The molecule has 1 aromatic heterocycles. The standard InChI is InChI=1S/C21H25N3O2/c1-20(2)19(26)23(24(20)18(25)12-4-3-5-22-11-12)17-13-6-15-8-16-7-14(17)10-21(15,16)9-13/h3-5,11,13-17H,6-10H2,1-2H3. The van der Waals surface area contributed by atoms with Crippen molar-refractivity contribution in [2.75, 3.05) is 0 Å². The van der Waals surface area contributed by atoms with E-state index in [4.69, 9.17) is 0 Å². The zero-order valence-corrected chi connectivity index (χ0v) is 15.4. The first kappa shape index (κ1) is 15.2. The second-order valence-electron chi connectivity index (χ2n) is 9.82. The third kappa shape index (κ3) is 1.53. The van der Waals surface area contributed by atoms with E-state index >= 15 is 0 Å². The van der Waals surface area contributed by atoms with Gasteiger partial charge in [0.25, 0.3) is 11.8 Å². The quantitative estimate of drug-likeness (QED) is 0.823. The summed E-state index contributed by atoms with van der Waals surface area (Å²) in [7, 11) is 0. The second-order valence-corrected chi connectivity index (χ2v) is 9.82. The second kappa shape index (κ2) is 4.49. The van der Waals surface area contributed by atoms with Gasteiger partial charge in [-0.2, -0.15) is 0 Å². The van der Waals surface area contributed by atoms with Crippen molar-refractivity contribution in [1.82, 2.24) is 15.0 Å². The van der Waals surface area contributed by atoms with Crippen LogP contribution in [0.2, 0.25) is 0 Å². The van der Waals surface area contributed by atoms with Gasteiger partial charge in [0.15, 0.2) is 0 Å². The molecule has 4 unspecified atom stereocenters. The van der Waals surface area contributed by atoms with Crippen molar-refractivity contribution in [3.05, 3.63) is 30.1 Å². The van der Waals surface area contributed by atoms with Gasteiger partial charge in [-0.1, -0.05) is 0 Å². The first-order valence-corrected chi connectivity index (χ1v) is 10.0. The molecule has 1 saturated heterocycles. The van der Waals surface area contributed by atoms with E-state index in [1.165, 1.54) is 32.1 Å². The highest BCUT2D eigenvalue weighted by atomic mass is 16.2. The fraction of sp³-hybridized carbons (Fsp3) is 0.667. The molecular weight excluding hydrogens is 326 g/mol. The molecule has 1 aromatic rings. The van der Waals surface area contributed by atoms with Crippen molar-refractivity contribution >= 4 is 11.8 Å². The van der Waals surface area contributed by atoms with Gasteiger partial charge >= 0.3 is 0 Å². The maximum Gasteiger partial charge on any atom is 0.275 e. The number of amides is 2. The molecule has 4 atom stereocenters. The normalized spacial score (nSPS) is 43.9. The molecule has 5 fully saturated rings. The molecular formula is C21H25N3O2. The van der Waals surface area contributed by atoms with Crippen LogP contribution in [0.15, 0.2) is 24.5 Å². The Kier molecular flexibility index (Phi) is 2.62. The lowest BCUT2D eigenvalue weighted by molar-refractivity contribution is -0.218. The molecule has 0 radical (unpaired) electrons. The summed E-state index contributed by atoms with van der Waals surface area (Å²) in [5.41, 5.74) is 0.415. The lowest BCUT2D eigenvalue weighted by Gasteiger charge is -2.60. The van der Waals surface area contributed by atoms with Crippen LogP contribution in [0.1, 0.15) is 56.3 Å². The number of carbonyl (C=O) groups is 2.